The molecule has 2 aromatic carbocycles. The second-order valence-corrected chi connectivity index (χ2v) is 5.43. The molecule has 102 valence electrons. The number of hydrogen-bond donors (Lipinski definition) is 2. The van der Waals surface area contributed by atoms with Gasteiger partial charge in [-0.1, -0.05) is 29.8 Å². The van der Waals surface area contributed by atoms with Crippen molar-refractivity contribution in [2.24, 2.45) is 0 Å². The fourth-order valence-corrected chi connectivity index (χ4v) is 2.84. The lowest BCUT2D eigenvalue weighted by Gasteiger charge is -1.99. The lowest BCUT2D eigenvalue weighted by Crippen LogP contribution is -2.03. The minimum absolute atomic E-state index is 0.0995. The fraction of sp³-hybridized carbons (Fsp3) is 0. The zero-order valence-corrected chi connectivity index (χ0v) is 11.7. The Balaban J connectivity index is 1.90. The van der Waals surface area contributed by atoms with Crippen LogP contribution in [0.5, 0.6) is 0 Å². The van der Waals surface area contributed by atoms with E-state index in [2.05, 4.69) is 10.3 Å². The molecular weight excluding hydrogens is 284 g/mol. The van der Waals surface area contributed by atoms with Crippen LogP contribution in [0, 0.1) is 0 Å². The van der Waals surface area contributed by atoms with E-state index in [9.17, 15) is 4.79 Å². The van der Waals surface area contributed by atoms with Crippen LogP contribution in [0.1, 0.15) is 11.1 Å². The third kappa shape index (κ3) is 1.94. The average Bonchev–Trinajstić information content (AvgIpc) is 3.02. The Morgan fingerprint density at radius 1 is 1.10 bits per heavy atom. The second kappa shape index (κ2) is 4.50. The van der Waals surface area contributed by atoms with E-state index < -0.39 is 0 Å². The van der Waals surface area contributed by atoms with Crippen LogP contribution in [0.3, 0.4) is 0 Å². The number of halogens is 1. The van der Waals surface area contributed by atoms with E-state index in [-0.39, 0.29) is 5.91 Å². The molecule has 1 aliphatic rings. The van der Waals surface area contributed by atoms with E-state index in [1.54, 1.807) is 6.07 Å². The van der Waals surface area contributed by atoms with Crippen LogP contribution in [0.15, 0.2) is 48.7 Å². The molecule has 0 atom stereocenters. The molecule has 1 aromatic heterocycles. The number of carbonyl (C=O) groups excluding carboxylic acids is 1. The summed E-state index contributed by atoms with van der Waals surface area (Å²) in [4.78, 5) is 15.4. The number of H-pyrrole nitrogens is 1. The molecule has 2 N–H and O–H groups in total. The minimum Gasteiger partial charge on any atom is -0.361 e. The first-order valence-electron chi connectivity index (χ1n) is 6.61. The summed E-state index contributed by atoms with van der Waals surface area (Å²) in [6, 6.07) is 13.4. The molecule has 21 heavy (non-hydrogen) atoms. The Morgan fingerprint density at radius 2 is 1.95 bits per heavy atom. The molecule has 1 amide bonds. The Kier molecular flexibility index (Phi) is 2.62. The van der Waals surface area contributed by atoms with Crippen LogP contribution in [-0.4, -0.2) is 10.9 Å². The number of aromatic amines is 1. The summed E-state index contributed by atoms with van der Waals surface area (Å²) in [7, 11) is 0. The summed E-state index contributed by atoms with van der Waals surface area (Å²) in [5.41, 5.74) is 4.32. The van der Waals surface area contributed by atoms with Crippen molar-refractivity contribution >= 4 is 45.7 Å². The quantitative estimate of drug-likeness (QED) is 0.645. The van der Waals surface area contributed by atoms with Gasteiger partial charge in [0.2, 0.25) is 0 Å². The zero-order valence-electron chi connectivity index (χ0n) is 11.0. The predicted octanol–water partition coefficient (Wildman–Crippen LogP) is 4.31. The van der Waals surface area contributed by atoms with Crippen molar-refractivity contribution in [1.29, 1.82) is 0 Å². The first-order chi connectivity index (χ1) is 10.2. The fourth-order valence-electron chi connectivity index (χ4n) is 2.67. The zero-order chi connectivity index (χ0) is 14.4. The lowest BCUT2D eigenvalue weighted by molar-refractivity contribution is -0.110. The SMILES string of the molecule is O=C1Nc2ccc(Cl)cc2/C1=C\c1c[nH]c2ccccc12. The van der Waals surface area contributed by atoms with Gasteiger partial charge in [-0.3, -0.25) is 4.79 Å². The molecule has 1 aliphatic heterocycles. The first kappa shape index (κ1) is 12.2. The number of rotatable bonds is 1. The van der Waals surface area contributed by atoms with Gasteiger partial charge >= 0.3 is 0 Å². The third-order valence-corrected chi connectivity index (χ3v) is 3.92. The topological polar surface area (TPSA) is 44.9 Å². The van der Waals surface area contributed by atoms with Crippen LogP contribution in [-0.2, 0) is 4.79 Å². The van der Waals surface area contributed by atoms with E-state index in [0.717, 1.165) is 27.7 Å². The number of amides is 1. The number of para-hydroxylation sites is 1. The largest absolute Gasteiger partial charge is 0.361 e. The second-order valence-electron chi connectivity index (χ2n) is 4.99. The van der Waals surface area contributed by atoms with Gasteiger partial charge in [-0.15, -0.1) is 0 Å². The number of nitrogens with one attached hydrogen (secondary N) is 2. The Hall–Kier alpha value is -2.52. The Bertz CT molecular complexity index is 908. The van der Waals surface area contributed by atoms with E-state index >= 15 is 0 Å². The van der Waals surface area contributed by atoms with Crippen molar-refractivity contribution in [3.8, 4) is 0 Å². The van der Waals surface area contributed by atoms with Crippen molar-refractivity contribution in [2.75, 3.05) is 5.32 Å². The molecule has 2 heterocycles. The van der Waals surface area contributed by atoms with Gasteiger partial charge < -0.3 is 10.3 Å². The van der Waals surface area contributed by atoms with E-state index in [1.807, 2.05) is 48.7 Å². The van der Waals surface area contributed by atoms with Gasteiger partial charge in [0.05, 0.1) is 0 Å². The molecule has 0 radical (unpaired) electrons. The van der Waals surface area contributed by atoms with Crippen molar-refractivity contribution in [2.45, 2.75) is 0 Å². The van der Waals surface area contributed by atoms with Crippen LogP contribution in [0.2, 0.25) is 5.02 Å². The average molecular weight is 295 g/mol. The van der Waals surface area contributed by atoms with Gasteiger partial charge in [0.1, 0.15) is 0 Å². The van der Waals surface area contributed by atoms with Gasteiger partial charge in [-0.2, -0.15) is 0 Å². The van der Waals surface area contributed by atoms with Crippen LogP contribution in [0.25, 0.3) is 22.6 Å². The summed E-state index contributed by atoms with van der Waals surface area (Å²) in [6.07, 6.45) is 3.81. The number of hydrogen-bond acceptors (Lipinski definition) is 1. The molecule has 0 saturated carbocycles. The number of fused-ring (bicyclic) bond motifs is 2. The van der Waals surface area contributed by atoms with Crippen molar-refractivity contribution in [1.82, 2.24) is 4.98 Å². The van der Waals surface area contributed by atoms with Gasteiger partial charge in [-0.25, -0.2) is 0 Å². The molecule has 0 spiro atoms. The highest BCUT2D eigenvalue weighted by molar-refractivity contribution is 6.37. The summed E-state index contributed by atoms with van der Waals surface area (Å²) < 4.78 is 0. The molecule has 0 bridgehead atoms. The molecule has 0 aliphatic carbocycles. The van der Waals surface area contributed by atoms with Crippen molar-refractivity contribution < 1.29 is 4.79 Å². The molecule has 4 heteroatoms. The molecule has 3 aromatic rings. The minimum atomic E-state index is -0.0995. The van der Waals surface area contributed by atoms with Crippen LogP contribution < -0.4 is 5.32 Å². The highest BCUT2D eigenvalue weighted by Crippen LogP contribution is 2.35. The van der Waals surface area contributed by atoms with Crippen LogP contribution in [0.4, 0.5) is 5.69 Å². The van der Waals surface area contributed by atoms with E-state index in [1.165, 1.54) is 0 Å². The highest BCUT2D eigenvalue weighted by Gasteiger charge is 2.24. The highest BCUT2D eigenvalue weighted by atomic mass is 35.5. The third-order valence-electron chi connectivity index (χ3n) is 3.69. The number of carbonyl (C=O) groups is 1. The Labute approximate surface area is 126 Å². The van der Waals surface area contributed by atoms with E-state index in [0.29, 0.717) is 10.6 Å². The number of aromatic nitrogens is 1. The predicted molar refractivity (Wildman–Crippen MR) is 86.3 cm³/mol. The molecular formula is C17H11ClN2O. The standard InChI is InChI=1S/C17H11ClN2O/c18-11-5-6-16-13(8-11)14(17(21)20-16)7-10-9-19-15-4-2-1-3-12(10)15/h1-9,19H,(H,20,21)/b14-7+. The molecule has 4 rings (SSSR count). The number of benzene rings is 2. The maximum atomic E-state index is 12.2. The van der Waals surface area contributed by atoms with E-state index in [4.69, 9.17) is 11.6 Å². The van der Waals surface area contributed by atoms with Crippen molar-refractivity contribution in [3.05, 3.63) is 64.8 Å². The molecule has 3 nitrogen and oxygen atoms in total. The van der Waals surface area contributed by atoms with Gasteiger partial charge in [0.25, 0.3) is 5.91 Å². The van der Waals surface area contributed by atoms with Crippen LogP contribution >= 0.6 is 11.6 Å². The van der Waals surface area contributed by atoms with Gasteiger partial charge in [0.15, 0.2) is 0 Å². The first-order valence-corrected chi connectivity index (χ1v) is 6.99. The summed E-state index contributed by atoms with van der Waals surface area (Å²) in [6.45, 7) is 0. The monoisotopic (exact) mass is 294 g/mol. The molecule has 0 unspecified atom stereocenters. The van der Waals surface area contributed by atoms with Gasteiger partial charge in [-0.05, 0) is 30.3 Å². The number of anilines is 1. The smallest absolute Gasteiger partial charge is 0.256 e. The Morgan fingerprint density at radius 3 is 2.86 bits per heavy atom. The normalized spacial score (nSPS) is 15.5. The lowest BCUT2D eigenvalue weighted by atomic mass is 10.0. The van der Waals surface area contributed by atoms with Crippen molar-refractivity contribution in [3.63, 3.8) is 0 Å². The summed E-state index contributed by atoms with van der Waals surface area (Å²) >= 11 is 6.04. The maximum absolute atomic E-state index is 12.2. The molecule has 0 saturated heterocycles. The van der Waals surface area contributed by atoms with Gasteiger partial charge in [0, 0.05) is 44.5 Å². The summed E-state index contributed by atoms with van der Waals surface area (Å²) in [5.74, 6) is -0.0995. The summed E-state index contributed by atoms with van der Waals surface area (Å²) in [5, 5.41) is 4.57. The maximum Gasteiger partial charge on any atom is 0.256 e. The molecule has 0 fully saturated rings.